The van der Waals surface area contributed by atoms with Crippen molar-refractivity contribution in [2.75, 3.05) is 13.9 Å². The average molecular weight is 489 g/mol. The van der Waals surface area contributed by atoms with Gasteiger partial charge < -0.3 is 19.1 Å². The topological polar surface area (TPSA) is 60.9 Å². The molecule has 35 heavy (non-hydrogen) atoms. The molecule has 0 N–H and O–H groups in total. The second-order valence-corrected chi connectivity index (χ2v) is 8.76. The molecule has 0 unspecified atom stereocenters. The first-order valence-corrected chi connectivity index (χ1v) is 11.8. The Morgan fingerprint density at radius 3 is 2.69 bits per heavy atom. The molecule has 0 atom stereocenters. The Balaban J connectivity index is 1.58. The summed E-state index contributed by atoms with van der Waals surface area (Å²) in [4.78, 5) is 19.9. The number of benzene rings is 3. The number of ether oxygens (including phenoxy) is 3. The van der Waals surface area contributed by atoms with Crippen molar-refractivity contribution in [1.82, 2.24) is 9.88 Å². The predicted octanol–water partition coefficient (Wildman–Crippen LogP) is 6.23. The third-order valence-corrected chi connectivity index (χ3v) is 6.28. The van der Waals surface area contributed by atoms with Crippen molar-refractivity contribution in [3.05, 3.63) is 82.9 Å². The van der Waals surface area contributed by atoms with Gasteiger partial charge in [0.15, 0.2) is 11.5 Å². The number of nitrogens with zero attached hydrogens (tertiary/aromatic N) is 2. The highest BCUT2D eigenvalue weighted by Gasteiger charge is 2.21. The lowest BCUT2D eigenvalue weighted by atomic mass is 10.0. The van der Waals surface area contributed by atoms with Crippen LogP contribution in [0.25, 0.3) is 22.2 Å². The zero-order valence-electron chi connectivity index (χ0n) is 19.6. The minimum atomic E-state index is 0.0462. The van der Waals surface area contributed by atoms with E-state index in [9.17, 15) is 4.79 Å². The standard InChI is InChI=1S/C28H25ClN2O4/c1-3-27(32)31(15-18-8-11-25-26(12-18)35-17-34-25)16-20-13-19-9-10-21(29)14-23(19)30-28(20)22-6-4-5-7-24(22)33-2/h4-14H,3,15-17H2,1-2H3. The number of rotatable bonds is 7. The molecule has 0 aliphatic carbocycles. The van der Waals surface area contributed by atoms with E-state index >= 15 is 0 Å². The first kappa shape index (κ1) is 23.0. The molecule has 1 aliphatic rings. The van der Waals surface area contributed by atoms with Gasteiger partial charge in [-0.2, -0.15) is 0 Å². The van der Waals surface area contributed by atoms with Gasteiger partial charge in [0.1, 0.15) is 5.75 Å². The van der Waals surface area contributed by atoms with Crippen molar-refractivity contribution in [1.29, 1.82) is 0 Å². The summed E-state index contributed by atoms with van der Waals surface area (Å²) in [5.41, 5.74) is 4.30. The molecule has 6 nitrogen and oxygen atoms in total. The number of methoxy groups -OCH3 is 1. The summed E-state index contributed by atoms with van der Waals surface area (Å²) in [7, 11) is 1.64. The number of hydrogen-bond acceptors (Lipinski definition) is 5. The van der Waals surface area contributed by atoms with E-state index < -0.39 is 0 Å². The van der Waals surface area contributed by atoms with E-state index in [0.29, 0.717) is 36.0 Å². The fourth-order valence-electron chi connectivity index (χ4n) is 4.30. The van der Waals surface area contributed by atoms with E-state index in [1.54, 1.807) is 7.11 Å². The molecule has 1 aromatic heterocycles. The van der Waals surface area contributed by atoms with Crippen LogP contribution in [0.5, 0.6) is 17.2 Å². The smallest absolute Gasteiger partial charge is 0.231 e. The summed E-state index contributed by atoms with van der Waals surface area (Å²) in [6, 6.07) is 21.3. The second-order valence-electron chi connectivity index (χ2n) is 8.32. The molecule has 0 bridgehead atoms. The summed E-state index contributed by atoms with van der Waals surface area (Å²) in [5, 5.41) is 1.57. The summed E-state index contributed by atoms with van der Waals surface area (Å²) >= 11 is 6.25. The van der Waals surface area contributed by atoms with E-state index in [-0.39, 0.29) is 12.7 Å². The molecular formula is C28H25ClN2O4. The van der Waals surface area contributed by atoms with Crippen LogP contribution in [0.15, 0.2) is 66.7 Å². The van der Waals surface area contributed by atoms with Crippen LogP contribution in [0.3, 0.4) is 0 Å². The van der Waals surface area contributed by atoms with E-state index in [1.165, 1.54) is 0 Å². The first-order valence-electron chi connectivity index (χ1n) is 11.4. The van der Waals surface area contributed by atoms with Crippen molar-refractivity contribution >= 4 is 28.4 Å². The molecule has 1 amide bonds. The number of aromatic nitrogens is 1. The summed E-state index contributed by atoms with van der Waals surface area (Å²) < 4.78 is 16.6. The molecule has 1 aliphatic heterocycles. The van der Waals surface area contributed by atoms with E-state index in [4.69, 9.17) is 30.8 Å². The maximum absolute atomic E-state index is 13.0. The number of amides is 1. The zero-order chi connectivity index (χ0) is 24.4. The van der Waals surface area contributed by atoms with Gasteiger partial charge in [0.05, 0.1) is 18.3 Å². The normalized spacial score (nSPS) is 12.1. The van der Waals surface area contributed by atoms with Crippen LogP contribution in [0.2, 0.25) is 5.02 Å². The van der Waals surface area contributed by atoms with Crippen LogP contribution in [-0.4, -0.2) is 29.7 Å². The van der Waals surface area contributed by atoms with Gasteiger partial charge in [0.2, 0.25) is 12.7 Å². The number of fused-ring (bicyclic) bond motifs is 2. The Hall–Kier alpha value is -3.77. The quantitative estimate of drug-likeness (QED) is 0.308. The lowest BCUT2D eigenvalue weighted by Gasteiger charge is -2.24. The van der Waals surface area contributed by atoms with E-state index in [1.807, 2.05) is 72.5 Å². The van der Waals surface area contributed by atoms with Crippen LogP contribution in [0.4, 0.5) is 0 Å². The van der Waals surface area contributed by atoms with Crippen molar-refractivity contribution in [2.24, 2.45) is 0 Å². The van der Waals surface area contributed by atoms with E-state index in [2.05, 4.69) is 6.07 Å². The molecule has 178 valence electrons. The second kappa shape index (κ2) is 9.84. The molecule has 7 heteroatoms. The average Bonchev–Trinajstić information content (AvgIpc) is 3.35. The molecular weight excluding hydrogens is 464 g/mol. The largest absolute Gasteiger partial charge is 0.496 e. The van der Waals surface area contributed by atoms with Crippen molar-refractivity contribution in [2.45, 2.75) is 26.4 Å². The van der Waals surface area contributed by atoms with Crippen LogP contribution in [-0.2, 0) is 17.9 Å². The monoisotopic (exact) mass is 488 g/mol. The van der Waals surface area contributed by atoms with Gasteiger partial charge >= 0.3 is 0 Å². The molecule has 0 radical (unpaired) electrons. The van der Waals surface area contributed by atoms with Gasteiger partial charge in [-0.1, -0.05) is 42.8 Å². The van der Waals surface area contributed by atoms with Gasteiger partial charge in [-0.3, -0.25) is 4.79 Å². The van der Waals surface area contributed by atoms with Gasteiger partial charge in [0.25, 0.3) is 0 Å². The van der Waals surface area contributed by atoms with Crippen LogP contribution >= 0.6 is 11.6 Å². The number of para-hydroxylation sites is 1. The highest BCUT2D eigenvalue weighted by Crippen LogP contribution is 2.35. The number of pyridine rings is 1. The van der Waals surface area contributed by atoms with Gasteiger partial charge in [-0.15, -0.1) is 0 Å². The fourth-order valence-corrected chi connectivity index (χ4v) is 4.47. The number of carbonyl (C=O) groups excluding carboxylic acids is 1. The summed E-state index contributed by atoms with van der Waals surface area (Å²) in [6.07, 6.45) is 0.394. The Kier molecular flexibility index (Phi) is 6.47. The number of hydrogen-bond donors (Lipinski definition) is 0. The maximum Gasteiger partial charge on any atom is 0.231 e. The minimum Gasteiger partial charge on any atom is -0.496 e. The van der Waals surface area contributed by atoms with Crippen molar-refractivity contribution in [3.63, 3.8) is 0 Å². The zero-order valence-corrected chi connectivity index (χ0v) is 20.3. The third-order valence-electron chi connectivity index (χ3n) is 6.05. The van der Waals surface area contributed by atoms with Gasteiger partial charge in [-0.25, -0.2) is 4.98 Å². The highest BCUT2D eigenvalue weighted by molar-refractivity contribution is 6.31. The van der Waals surface area contributed by atoms with Crippen LogP contribution in [0.1, 0.15) is 24.5 Å². The molecule has 3 aromatic carbocycles. The minimum absolute atomic E-state index is 0.0462. The molecule has 0 saturated heterocycles. The summed E-state index contributed by atoms with van der Waals surface area (Å²) in [5.74, 6) is 2.18. The highest BCUT2D eigenvalue weighted by atomic mass is 35.5. The summed E-state index contributed by atoms with van der Waals surface area (Å²) in [6.45, 7) is 2.91. The number of carbonyl (C=O) groups is 1. The predicted molar refractivity (Wildman–Crippen MR) is 136 cm³/mol. The SMILES string of the molecule is CCC(=O)N(Cc1ccc2c(c1)OCO2)Cc1cc2ccc(Cl)cc2nc1-c1ccccc1OC. The van der Waals surface area contributed by atoms with Crippen LogP contribution in [0, 0.1) is 0 Å². The Morgan fingerprint density at radius 1 is 1.03 bits per heavy atom. The maximum atomic E-state index is 13.0. The first-order chi connectivity index (χ1) is 17.1. The Morgan fingerprint density at radius 2 is 1.86 bits per heavy atom. The molecule has 2 heterocycles. The van der Waals surface area contributed by atoms with E-state index in [0.717, 1.165) is 39.0 Å². The number of halogens is 1. The molecule has 4 aromatic rings. The molecule has 0 fully saturated rings. The Bertz CT molecular complexity index is 1410. The molecule has 5 rings (SSSR count). The Labute approximate surface area is 209 Å². The van der Waals surface area contributed by atoms with Gasteiger partial charge in [-0.05, 0) is 53.6 Å². The molecule has 0 spiro atoms. The van der Waals surface area contributed by atoms with Crippen molar-refractivity contribution < 1.29 is 19.0 Å². The lowest BCUT2D eigenvalue weighted by molar-refractivity contribution is -0.132. The fraction of sp³-hybridized carbons (Fsp3) is 0.214. The van der Waals surface area contributed by atoms with Crippen LogP contribution < -0.4 is 14.2 Å². The molecule has 0 saturated carbocycles. The van der Waals surface area contributed by atoms with Gasteiger partial charge in [0, 0.05) is 35.5 Å². The third kappa shape index (κ3) is 4.75. The van der Waals surface area contributed by atoms with Crippen molar-refractivity contribution in [3.8, 4) is 28.5 Å². The lowest BCUT2D eigenvalue weighted by Crippen LogP contribution is -2.29.